The maximum atomic E-state index is 12.9. The number of halogens is 1. The first kappa shape index (κ1) is 15.2. The Kier molecular flexibility index (Phi) is 4.11. The number of hydrogen-bond acceptors (Lipinski definition) is 6. The lowest BCUT2D eigenvalue weighted by molar-refractivity contribution is -0.115. The Morgan fingerprint density at radius 1 is 1.35 bits per heavy atom. The van der Waals surface area contributed by atoms with Crippen molar-refractivity contribution in [1.82, 2.24) is 19.9 Å². The van der Waals surface area contributed by atoms with Crippen molar-refractivity contribution in [2.75, 3.05) is 11.1 Å². The normalized spacial score (nSPS) is 12.3. The first-order chi connectivity index (χ1) is 11.0. The molecule has 1 amide bonds. The zero-order chi connectivity index (χ0) is 16.4. The van der Waals surface area contributed by atoms with Crippen LogP contribution in [0.4, 0.5) is 15.9 Å². The summed E-state index contributed by atoms with van der Waals surface area (Å²) in [6, 6.07) is 5.58. The summed E-state index contributed by atoms with van der Waals surface area (Å²) >= 11 is 1.23. The molecule has 118 valence electrons. The number of imidazole rings is 1. The minimum Gasteiger partial charge on any atom is -0.382 e. The average molecular weight is 332 g/mol. The summed E-state index contributed by atoms with van der Waals surface area (Å²) in [6.07, 6.45) is 1.33. The van der Waals surface area contributed by atoms with Gasteiger partial charge in [-0.1, -0.05) is 11.8 Å². The van der Waals surface area contributed by atoms with E-state index in [9.17, 15) is 9.18 Å². The molecule has 2 heterocycles. The monoisotopic (exact) mass is 332 g/mol. The van der Waals surface area contributed by atoms with Crippen molar-refractivity contribution in [2.45, 2.75) is 17.3 Å². The highest BCUT2D eigenvalue weighted by Gasteiger charge is 2.17. The number of hydrogen-bond donors (Lipinski definition) is 3. The number of nitrogens with zero attached hydrogens (tertiary/aromatic N) is 3. The molecule has 2 aromatic heterocycles. The van der Waals surface area contributed by atoms with Gasteiger partial charge in [0.15, 0.2) is 16.6 Å². The highest BCUT2D eigenvalue weighted by Crippen LogP contribution is 2.25. The summed E-state index contributed by atoms with van der Waals surface area (Å²) in [7, 11) is 0. The molecule has 3 rings (SSSR count). The van der Waals surface area contributed by atoms with Gasteiger partial charge in [0, 0.05) is 5.69 Å². The van der Waals surface area contributed by atoms with Crippen molar-refractivity contribution in [2.24, 2.45) is 0 Å². The van der Waals surface area contributed by atoms with Crippen molar-refractivity contribution in [3.8, 4) is 0 Å². The van der Waals surface area contributed by atoms with Crippen LogP contribution in [-0.4, -0.2) is 31.1 Å². The zero-order valence-electron chi connectivity index (χ0n) is 12.1. The van der Waals surface area contributed by atoms with Crippen molar-refractivity contribution < 1.29 is 9.18 Å². The van der Waals surface area contributed by atoms with Crippen LogP contribution < -0.4 is 11.1 Å². The third-order valence-electron chi connectivity index (χ3n) is 3.07. The van der Waals surface area contributed by atoms with Crippen molar-refractivity contribution in [3.63, 3.8) is 0 Å². The highest BCUT2D eigenvalue weighted by atomic mass is 32.2. The molecule has 23 heavy (non-hydrogen) atoms. The van der Waals surface area contributed by atoms with Crippen LogP contribution in [0, 0.1) is 5.82 Å². The largest absolute Gasteiger partial charge is 0.382 e. The number of thioether (sulfide) groups is 1. The number of aromatic nitrogens is 4. The number of anilines is 2. The van der Waals surface area contributed by atoms with Gasteiger partial charge in [-0.05, 0) is 31.2 Å². The molecule has 0 bridgehead atoms. The molecule has 0 fully saturated rings. The highest BCUT2D eigenvalue weighted by molar-refractivity contribution is 8.00. The quantitative estimate of drug-likeness (QED) is 0.632. The second-order valence-corrected chi connectivity index (χ2v) is 6.09. The lowest BCUT2D eigenvalue weighted by atomic mass is 10.3. The second kappa shape index (κ2) is 6.21. The third-order valence-corrected chi connectivity index (χ3v) is 4.05. The Morgan fingerprint density at radius 2 is 2.09 bits per heavy atom. The van der Waals surface area contributed by atoms with Crippen LogP contribution in [0.3, 0.4) is 0 Å². The molecule has 1 atom stereocenters. The molecule has 0 aliphatic rings. The topological polar surface area (TPSA) is 110 Å². The number of aromatic amines is 1. The van der Waals surface area contributed by atoms with E-state index in [1.165, 1.54) is 42.4 Å². The Labute approximate surface area is 134 Å². The molecule has 3 aromatic rings. The number of nitrogens with one attached hydrogen (secondary N) is 2. The Morgan fingerprint density at radius 3 is 2.78 bits per heavy atom. The molecule has 0 saturated heterocycles. The Hall–Kier alpha value is -2.68. The van der Waals surface area contributed by atoms with E-state index in [1.807, 2.05) is 0 Å². The number of fused-ring (bicyclic) bond motifs is 1. The molecule has 4 N–H and O–H groups in total. The smallest absolute Gasteiger partial charge is 0.237 e. The van der Waals surface area contributed by atoms with Gasteiger partial charge in [0.2, 0.25) is 5.91 Å². The number of benzene rings is 1. The number of amides is 1. The summed E-state index contributed by atoms with van der Waals surface area (Å²) in [4.78, 5) is 27.3. The molecule has 9 heteroatoms. The van der Waals surface area contributed by atoms with Gasteiger partial charge >= 0.3 is 0 Å². The van der Waals surface area contributed by atoms with Crippen LogP contribution in [0.15, 0.2) is 35.7 Å². The first-order valence-electron chi connectivity index (χ1n) is 6.72. The molecule has 7 nitrogen and oxygen atoms in total. The van der Waals surface area contributed by atoms with Gasteiger partial charge in [0.1, 0.15) is 17.7 Å². The van der Waals surface area contributed by atoms with E-state index in [-0.39, 0.29) is 11.7 Å². The van der Waals surface area contributed by atoms with Crippen LogP contribution in [0.1, 0.15) is 6.92 Å². The van der Waals surface area contributed by atoms with E-state index in [4.69, 9.17) is 5.73 Å². The van der Waals surface area contributed by atoms with Gasteiger partial charge in [0.25, 0.3) is 0 Å². The Balaban J connectivity index is 1.69. The number of H-pyrrole nitrogens is 1. The third kappa shape index (κ3) is 3.39. The van der Waals surface area contributed by atoms with Gasteiger partial charge in [-0.15, -0.1) is 0 Å². The van der Waals surface area contributed by atoms with Crippen LogP contribution in [0.5, 0.6) is 0 Å². The number of nitrogen functional groups attached to an aromatic ring is 1. The summed E-state index contributed by atoms with van der Waals surface area (Å²) in [5.41, 5.74) is 7.26. The molecule has 0 aliphatic carbocycles. The number of carbonyl (C=O) groups excluding carboxylic acids is 1. The predicted molar refractivity (Wildman–Crippen MR) is 86.4 cm³/mol. The lowest BCUT2D eigenvalue weighted by Crippen LogP contribution is -2.22. The van der Waals surface area contributed by atoms with E-state index in [1.54, 1.807) is 6.92 Å². The summed E-state index contributed by atoms with van der Waals surface area (Å²) in [6.45, 7) is 1.74. The number of carbonyl (C=O) groups is 1. The van der Waals surface area contributed by atoms with Crippen LogP contribution >= 0.6 is 11.8 Å². The SMILES string of the molecule is CC(Sc1nc2ncnc(N)c2[nH]1)C(=O)Nc1ccc(F)cc1. The fourth-order valence-electron chi connectivity index (χ4n) is 1.88. The van der Waals surface area contributed by atoms with Crippen LogP contribution in [-0.2, 0) is 4.79 Å². The molecule has 0 aliphatic heterocycles. The standard InChI is InChI=1S/C14H13FN6OS/c1-7(13(22)19-9-4-2-8(15)3-5-9)23-14-20-10-11(16)17-6-18-12(10)21-14/h2-7H,1H3,(H,19,22)(H3,16,17,18,20,21). The molecule has 0 spiro atoms. The van der Waals surface area contributed by atoms with Crippen molar-refractivity contribution in [3.05, 3.63) is 36.4 Å². The molecular weight excluding hydrogens is 319 g/mol. The maximum Gasteiger partial charge on any atom is 0.237 e. The van der Waals surface area contributed by atoms with Crippen LogP contribution in [0.25, 0.3) is 11.2 Å². The first-order valence-corrected chi connectivity index (χ1v) is 7.60. The zero-order valence-corrected chi connectivity index (χ0v) is 12.9. The minimum absolute atomic E-state index is 0.221. The summed E-state index contributed by atoms with van der Waals surface area (Å²) in [5, 5.41) is 2.81. The van der Waals surface area contributed by atoms with Gasteiger partial charge < -0.3 is 16.0 Å². The van der Waals surface area contributed by atoms with Gasteiger partial charge in [-0.3, -0.25) is 4.79 Å². The average Bonchev–Trinajstić information content (AvgIpc) is 2.93. The van der Waals surface area contributed by atoms with Gasteiger partial charge in [-0.2, -0.15) is 0 Å². The van der Waals surface area contributed by atoms with E-state index in [0.717, 1.165) is 0 Å². The van der Waals surface area contributed by atoms with Gasteiger partial charge in [-0.25, -0.2) is 19.3 Å². The second-order valence-electron chi connectivity index (χ2n) is 4.76. The fraction of sp³-hybridized carbons (Fsp3) is 0.143. The molecule has 0 radical (unpaired) electrons. The van der Waals surface area contributed by atoms with Gasteiger partial charge in [0.05, 0.1) is 5.25 Å². The van der Waals surface area contributed by atoms with E-state index in [2.05, 4.69) is 25.3 Å². The molecular formula is C14H13FN6OS. The maximum absolute atomic E-state index is 12.9. The molecule has 1 unspecified atom stereocenters. The minimum atomic E-state index is -0.421. The fourth-order valence-corrected chi connectivity index (χ4v) is 2.68. The lowest BCUT2D eigenvalue weighted by Gasteiger charge is -2.10. The van der Waals surface area contributed by atoms with E-state index >= 15 is 0 Å². The predicted octanol–water partition coefficient (Wildman–Crippen LogP) is 2.19. The summed E-state index contributed by atoms with van der Waals surface area (Å²) < 4.78 is 12.9. The molecule has 1 aromatic carbocycles. The van der Waals surface area contributed by atoms with Crippen molar-refractivity contribution >= 4 is 40.3 Å². The molecule has 0 saturated carbocycles. The van der Waals surface area contributed by atoms with Crippen molar-refractivity contribution in [1.29, 1.82) is 0 Å². The Bertz CT molecular complexity index is 850. The van der Waals surface area contributed by atoms with E-state index < -0.39 is 5.25 Å². The number of rotatable bonds is 4. The number of nitrogens with two attached hydrogens (primary N) is 1. The van der Waals surface area contributed by atoms with E-state index in [0.29, 0.717) is 27.8 Å². The summed E-state index contributed by atoms with van der Waals surface area (Å²) in [5.74, 6) is -0.273. The van der Waals surface area contributed by atoms with Crippen LogP contribution in [0.2, 0.25) is 0 Å².